The zero-order valence-electron chi connectivity index (χ0n) is 10.7. The normalized spacial score (nSPS) is 24.4. The summed E-state index contributed by atoms with van der Waals surface area (Å²) < 4.78 is 0. The molecule has 2 heterocycles. The number of hydrogen-bond acceptors (Lipinski definition) is 3. The van der Waals surface area contributed by atoms with Crippen molar-refractivity contribution in [3.8, 4) is 0 Å². The maximum atomic E-state index is 5.54. The second kappa shape index (κ2) is 6.81. The molecule has 2 aliphatic heterocycles. The number of thioether (sulfide) groups is 1. The van der Waals surface area contributed by atoms with Crippen molar-refractivity contribution in [2.24, 2.45) is 0 Å². The quantitative estimate of drug-likeness (QED) is 0.726. The van der Waals surface area contributed by atoms with Gasteiger partial charge in [-0.25, -0.2) is 0 Å². The van der Waals surface area contributed by atoms with Crippen molar-refractivity contribution in [3.63, 3.8) is 0 Å². The maximum absolute atomic E-state index is 5.54. The molecule has 0 aliphatic carbocycles. The fraction of sp³-hybridized carbons (Fsp3) is 0.917. The molecule has 2 aliphatic rings. The Kier molecular flexibility index (Phi) is 5.38. The van der Waals surface area contributed by atoms with Crippen molar-refractivity contribution in [1.82, 2.24) is 15.1 Å². The molecule has 0 atom stereocenters. The smallest absolute Gasteiger partial charge is 0.169 e. The zero-order chi connectivity index (χ0) is 12.1. The molecule has 0 unspecified atom stereocenters. The average molecular weight is 273 g/mol. The minimum absolute atomic E-state index is 0.592. The van der Waals surface area contributed by atoms with Crippen molar-refractivity contribution in [2.45, 2.75) is 25.3 Å². The Balaban J connectivity index is 1.75. The second-order valence-electron chi connectivity index (χ2n) is 4.98. The number of nitrogens with zero attached hydrogens (tertiary/aromatic N) is 2. The highest BCUT2D eigenvalue weighted by Gasteiger charge is 2.19. The molecule has 0 aromatic heterocycles. The van der Waals surface area contributed by atoms with E-state index in [0.29, 0.717) is 6.04 Å². The molecule has 0 aromatic carbocycles. The topological polar surface area (TPSA) is 18.5 Å². The van der Waals surface area contributed by atoms with Crippen molar-refractivity contribution < 1.29 is 0 Å². The number of nitrogens with one attached hydrogen (secondary N) is 1. The lowest BCUT2D eigenvalue weighted by molar-refractivity contribution is 0.244. The molecule has 1 N–H and O–H groups in total. The second-order valence-corrected chi connectivity index (χ2v) is 6.59. The van der Waals surface area contributed by atoms with E-state index < -0.39 is 0 Å². The summed E-state index contributed by atoms with van der Waals surface area (Å²) in [4.78, 5) is 4.75. The van der Waals surface area contributed by atoms with Gasteiger partial charge in [-0.15, -0.1) is 0 Å². The highest BCUT2D eigenvalue weighted by atomic mass is 32.2. The molecule has 0 amide bonds. The standard InChI is InChI=1S/C12H23N3S2/c1-14-6-3-11(4-7-14)13-12(16)15-5-2-9-17-10-8-15/h11H,2-10H2,1H3,(H,13,16). The Labute approximate surface area is 114 Å². The third-order valence-corrected chi connectivity index (χ3v) is 4.98. The van der Waals surface area contributed by atoms with Gasteiger partial charge in [-0.2, -0.15) is 11.8 Å². The third-order valence-electron chi connectivity index (χ3n) is 3.56. The molecular formula is C12H23N3S2. The Morgan fingerprint density at radius 1 is 1.18 bits per heavy atom. The van der Waals surface area contributed by atoms with E-state index in [1.54, 1.807) is 0 Å². The molecule has 5 heteroatoms. The van der Waals surface area contributed by atoms with Crippen LogP contribution in [0.15, 0.2) is 0 Å². The summed E-state index contributed by atoms with van der Waals surface area (Å²) in [5.41, 5.74) is 0. The van der Waals surface area contributed by atoms with Crippen LogP contribution in [0.1, 0.15) is 19.3 Å². The molecule has 98 valence electrons. The first kappa shape index (κ1) is 13.4. The van der Waals surface area contributed by atoms with Gasteiger partial charge in [0.05, 0.1) is 0 Å². The molecular weight excluding hydrogens is 250 g/mol. The van der Waals surface area contributed by atoms with Crippen molar-refractivity contribution in [3.05, 3.63) is 0 Å². The van der Waals surface area contributed by atoms with Crippen molar-refractivity contribution in [1.29, 1.82) is 0 Å². The highest BCUT2D eigenvalue weighted by Crippen LogP contribution is 2.12. The lowest BCUT2D eigenvalue weighted by atomic mass is 10.1. The van der Waals surface area contributed by atoms with Gasteiger partial charge in [0.15, 0.2) is 5.11 Å². The van der Waals surface area contributed by atoms with Crippen LogP contribution in [0.2, 0.25) is 0 Å². The van der Waals surface area contributed by atoms with Crippen LogP contribution in [0.4, 0.5) is 0 Å². The lowest BCUT2D eigenvalue weighted by Gasteiger charge is -2.33. The van der Waals surface area contributed by atoms with Crippen LogP contribution in [-0.2, 0) is 0 Å². The third kappa shape index (κ3) is 4.30. The number of rotatable bonds is 1. The fourth-order valence-corrected chi connectivity index (χ4v) is 3.60. The summed E-state index contributed by atoms with van der Waals surface area (Å²) in [5, 5.41) is 4.55. The van der Waals surface area contributed by atoms with Gasteiger partial charge in [-0.05, 0) is 57.4 Å². The van der Waals surface area contributed by atoms with Crippen LogP contribution in [0.25, 0.3) is 0 Å². The van der Waals surface area contributed by atoms with Crippen LogP contribution in [-0.4, -0.2) is 65.7 Å². The SMILES string of the molecule is CN1CCC(NC(=S)N2CCCSCC2)CC1. The monoisotopic (exact) mass is 273 g/mol. The van der Waals surface area contributed by atoms with E-state index in [-0.39, 0.29) is 0 Å². The molecule has 0 saturated carbocycles. The molecule has 0 aromatic rings. The summed E-state index contributed by atoms with van der Waals surface area (Å²) in [7, 11) is 2.20. The largest absolute Gasteiger partial charge is 0.360 e. The van der Waals surface area contributed by atoms with E-state index in [9.17, 15) is 0 Å². The maximum Gasteiger partial charge on any atom is 0.169 e. The summed E-state index contributed by atoms with van der Waals surface area (Å²) in [6, 6.07) is 0.592. The first-order chi connectivity index (χ1) is 8.25. The van der Waals surface area contributed by atoms with Crippen LogP contribution in [0.3, 0.4) is 0 Å². The van der Waals surface area contributed by atoms with Gasteiger partial charge in [0.25, 0.3) is 0 Å². The van der Waals surface area contributed by atoms with Crippen LogP contribution in [0.5, 0.6) is 0 Å². The molecule has 17 heavy (non-hydrogen) atoms. The number of piperidine rings is 1. The van der Waals surface area contributed by atoms with Crippen LogP contribution in [0, 0.1) is 0 Å². The Hall–Kier alpha value is 0. The van der Waals surface area contributed by atoms with E-state index in [1.807, 2.05) is 11.8 Å². The number of hydrogen-bond donors (Lipinski definition) is 1. The van der Waals surface area contributed by atoms with E-state index in [1.165, 1.54) is 43.9 Å². The van der Waals surface area contributed by atoms with Crippen molar-refractivity contribution in [2.75, 3.05) is 44.7 Å². The van der Waals surface area contributed by atoms with Gasteiger partial charge in [0.1, 0.15) is 0 Å². The first-order valence-corrected chi connectivity index (χ1v) is 8.14. The predicted octanol–water partition coefficient (Wildman–Crippen LogP) is 1.39. The summed E-state index contributed by atoms with van der Waals surface area (Å²) in [6.07, 6.45) is 3.71. The Morgan fingerprint density at radius 3 is 2.71 bits per heavy atom. The summed E-state index contributed by atoms with van der Waals surface area (Å²) in [6.45, 7) is 4.63. The van der Waals surface area contributed by atoms with Gasteiger partial charge in [0.2, 0.25) is 0 Å². The van der Waals surface area contributed by atoms with Gasteiger partial charge in [-0.1, -0.05) is 0 Å². The summed E-state index contributed by atoms with van der Waals surface area (Å²) in [5.74, 6) is 2.50. The highest BCUT2D eigenvalue weighted by molar-refractivity contribution is 7.99. The number of likely N-dealkylation sites (tertiary alicyclic amines) is 1. The van der Waals surface area contributed by atoms with Crippen LogP contribution < -0.4 is 5.32 Å². The van der Waals surface area contributed by atoms with Gasteiger partial charge in [-0.3, -0.25) is 0 Å². The van der Waals surface area contributed by atoms with E-state index >= 15 is 0 Å². The molecule has 0 spiro atoms. The van der Waals surface area contributed by atoms with Crippen LogP contribution >= 0.6 is 24.0 Å². The predicted molar refractivity (Wildman–Crippen MR) is 79.8 cm³/mol. The van der Waals surface area contributed by atoms with Crippen molar-refractivity contribution >= 4 is 29.1 Å². The first-order valence-electron chi connectivity index (χ1n) is 6.57. The molecule has 0 bridgehead atoms. The van der Waals surface area contributed by atoms with E-state index in [4.69, 9.17) is 12.2 Å². The molecule has 2 rings (SSSR count). The molecule has 2 saturated heterocycles. The minimum Gasteiger partial charge on any atom is -0.360 e. The summed E-state index contributed by atoms with van der Waals surface area (Å²) >= 11 is 7.58. The fourth-order valence-electron chi connectivity index (χ4n) is 2.37. The Bertz CT molecular complexity index is 244. The Morgan fingerprint density at radius 2 is 1.94 bits per heavy atom. The minimum atomic E-state index is 0.592. The zero-order valence-corrected chi connectivity index (χ0v) is 12.3. The molecule has 0 radical (unpaired) electrons. The molecule has 3 nitrogen and oxygen atoms in total. The average Bonchev–Trinajstić information content (AvgIpc) is 2.61. The lowest BCUT2D eigenvalue weighted by Crippen LogP contribution is -2.49. The van der Waals surface area contributed by atoms with E-state index in [2.05, 4.69) is 22.2 Å². The van der Waals surface area contributed by atoms with E-state index in [0.717, 1.165) is 18.2 Å². The number of thiocarbonyl (C=S) groups is 1. The van der Waals surface area contributed by atoms with Gasteiger partial charge in [0, 0.05) is 24.9 Å². The molecule has 2 fully saturated rings. The van der Waals surface area contributed by atoms with Gasteiger partial charge < -0.3 is 15.1 Å². The van der Waals surface area contributed by atoms with Gasteiger partial charge >= 0.3 is 0 Å².